The van der Waals surface area contributed by atoms with Gasteiger partial charge in [-0.15, -0.1) is 0 Å². The van der Waals surface area contributed by atoms with Gasteiger partial charge in [-0.2, -0.15) is 5.10 Å². The average molecular weight is 223 g/mol. The third-order valence-corrected chi connectivity index (χ3v) is 3.05. The maximum atomic E-state index is 5.67. The SMILES string of the molecule is Cc1cc(CNCC2CCCCO2)n(C)n1. The number of hydrogen-bond acceptors (Lipinski definition) is 3. The normalized spacial score (nSPS) is 21.2. The molecule has 1 aliphatic heterocycles. The molecular weight excluding hydrogens is 202 g/mol. The molecule has 0 aliphatic carbocycles. The van der Waals surface area contributed by atoms with Crippen molar-refractivity contribution in [2.24, 2.45) is 7.05 Å². The monoisotopic (exact) mass is 223 g/mol. The Balaban J connectivity index is 1.73. The number of ether oxygens (including phenoxy) is 1. The van der Waals surface area contributed by atoms with Gasteiger partial charge >= 0.3 is 0 Å². The van der Waals surface area contributed by atoms with Crippen LogP contribution < -0.4 is 5.32 Å². The molecule has 4 nitrogen and oxygen atoms in total. The van der Waals surface area contributed by atoms with Crippen molar-refractivity contribution in [3.05, 3.63) is 17.5 Å². The summed E-state index contributed by atoms with van der Waals surface area (Å²) in [6.07, 6.45) is 4.12. The predicted molar refractivity (Wildman–Crippen MR) is 63.2 cm³/mol. The number of aryl methyl sites for hydroxylation is 2. The van der Waals surface area contributed by atoms with Crippen LogP contribution in [0.1, 0.15) is 30.7 Å². The molecule has 1 atom stereocenters. The van der Waals surface area contributed by atoms with Crippen LogP contribution in [0.5, 0.6) is 0 Å². The van der Waals surface area contributed by atoms with Gasteiger partial charge in [0.15, 0.2) is 0 Å². The molecule has 0 radical (unpaired) electrons. The van der Waals surface area contributed by atoms with Crippen LogP contribution in [0.4, 0.5) is 0 Å². The van der Waals surface area contributed by atoms with Crippen LogP contribution in [0.3, 0.4) is 0 Å². The summed E-state index contributed by atoms with van der Waals surface area (Å²) in [5, 5.41) is 7.76. The lowest BCUT2D eigenvalue weighted by molar-refractivity contribution is 0.0167. The second-order valence-electron chi connectivity index (χ2n) is 4.52. The van der Waals surface area contributed by atoms with Gasteiger partial charge in [0, 0.05) is 26.7 Å². The molecule has 1 unspecified atom stereocenters. The highest BCUT2D eigenvalue weighted by molar-refractivity contribution is 5.08. The van der Waals surface area contributed by atoms with Gasteiger partial charge in [0.05, 0.1) is 17.5 Å². The fourth-order valence-corrected chi connectivity index (χ4v) is 2.16. The molecule has 0 bridgehead atoms. The van der Waals surface area contributed by atoms with Crippen molar-refractivity contribution in [2.45, 2.75) is 38.8 Å². The number of nitrogens with zero attached hydrogens (tertiary/aromatic N) is 2. The fourth-order valence-electron chi connectivity index (χ4n) is 2.16. The highest BCUT2D eigenvalue weighted by atomic mass is 16.5. The van der Waals surface area contributed by atoms with E-state index in [1.807, 2.05) is 18.7 Å². The molecule has 0 amide bonds. The van der Waals surface area contributed by atoms with Gasteiger partial charge < -0.3 is 10.1 Å². The van der Waals surface area contributed by atoms with Crippen LogP contribution in [0, 0.1) is 6.92 Å². The Morgan fingerprint density at radius 1 is 1.56 bits per heavy atom. The summed E-state index contributed by atoms with van der Waals surface area (Å²) in [5.74, 6) is 0. The number of rotatable bonds is 4. The molecule has 4 heteroatoms. The molecule has 16 heavy (non-hydrogen) atoms. The van der Waals surface area contributed by atoms with E-state index in [0.717, 1.165) is 25.4 Å². The van der Waals surface area contributed by atoms with E-state index in [0.29, 0.717) is 6.10 Å². The van der Waals surface area contributed by atoms with Crippen LogP contribution in [0.2, 0.25) is 0 Å². The highest BCUT2D eigenvalue weighted by Gasteiger charge is 2.13. The average Bonchev–Trinajstić information content (AvgIpc) is 2.59. The molecule has 1 aromatic heterocycles. The third kappa shape index (κ3) is 3.06. The van der Waals surface area contributed by atoms with E-state index in [-0.39, 0.29) is 0 Å². The first-order chi connectivity index (χ1) is 7.75. The Labute approximate surface area is 97.0 Å². The first-order valence-electron chi connectivity index (χ1n) is 6.07. The zero-order chi connectivity index (χ0) is 11.4. The Bertz CT molecular complexity index is 329. The summed E-state index contributed by atoms with van der Waals surface area (Å²) in [7, 11) is 1.99. The first-order valence-corrected chi connectivity index (χ1v) is 6.07. The zero-order valence-corrected chi connectivity index (χ0v) is 10.2. The third-order valence-electron chi connectivity index (χ3n) is 3.05. The van der Waals surface area contributed by atoms with Crippen molar-refractivity contribution < 1.29 is 4.74 Å². The molecule has 2 heterocycles. The Morgan fingerprint density at radius 2 is 2.44 bits per heavy atom. The van der Waals surface area contributed by atoms with Gasteiger partial charge in [-0.3, -0.25) is 4.68 Å². The van der Waals surface area contributed by atoms with E-state index in [1.165, 1.54) is 25.0 Å². The van der Waals surface area contributed by atoms with Crippen molar-refractivity contribution >= 4 is 0 Å². The number of nitrogens with one attached hydrogen (secondary N) is 1. The molecule has 0 saturated carbocycles. The molecule has 90 valence electrons. The molecule has 0 spiro atoms. The van der Waals surface area contributed by atoms with Crippen molar-refractivity contribution in [1.82, 2.24) is 15.1 Å². The van der Waals surface area contributed by atoms with Crippen LogP contribution in [0.25, 0.3) is 0 Å². The molecule has 1 saturated heterocycles. The smallest absolute Gasteiger partial charge is 0.0699 e. The zero-order valence-electron chi connectivity index (χ0n) is 10.2. The van der Waals surface area contributed by atoms with Crippen LogP contribution in [0.15, 0.2) is 6.07 Å². The van der Waals surface area contributed by atoms with Gasteiger partial charge in [0.25, 0.3) is 0 Å². The van der Waals surface area contributed by atoms with E-state index >= 15 is 0 Å². The Hall–Kier alpha value is -0.870. The van der Waals surface area contributed by atoms with Crippen LogP contribution >= 0.6 is 0 Å². The van der Waals surface area contributed by atoms with Gasteiger partial charge in [0.1, 0.15) is 0 Å². The standard InChI is InChI=1S/C12H21N3O/c1-10-7-11(15(2)14-10)8-13-9-12-5-3-4-6-16-12/h7,12-13H,3-6,8-9H2,1-2H3. The molecule has 1 aromatic rings. The minimum atomic E-state index is 0.406. The minimum absolute atomic E-state index is 0.406. The maximum Gasteiger partial charge on any atom is 0.0699 e. The lowest BCUT2D eigenvalue weighted by Crippen LogP contribution is -2.31. The Morgan fingerprint density at radius 3 is 3.06 bits per heavy atom. The summed E-state index contributed by atoms with van der Waals surface area (Å²) in [6.45, 7) is 4.77. The summed E-state index contributed by atoms with van der Waals surface area (Å²) < 4.78 is 7.60. The second kappa shape index (κ2) is 5.46. The summed E-state index contributed by atoms with van der Waals surface area (Å²) in [6, 6.07) is 2.12. The number of hydrogen-bond donors (Lipinski definition) is 1. The predicted octanol–water partition coefficient (Wildman–Crippen LogP) is 1.39. The summed E-state index contributed by atoms with van der Waals surface area (Å²) in [4.78, 5) is 0. The van der Waals surface area contributed by atoms with Gasteiger partial charge in [-0.25, -0.2) is 0 Å². The first kappa shape index (κ1) is 11.6. The maximum absolute atomic E-state index is 5.67. The second-order valence-corrected chi connectivity index (χ2v) is 4.52. The van der Waals surface area contributed by atoms with Gasteiger partial charge in [-0.1, -0.05) is 0 Å². The molecule has 1 aliphatic rings. The van der Waals surface area contributed by atoms with E-state index in [9.17, 15) is 0 Å². The minimum Gasteiger partial charge on any atom is -0.377 e. The molecule has 0 aromatic carbocycles. The fraction of sp³-hybridized carbons (Fsp3) is 0.750. The summed E-state index contributed by atoms with van der Waals surface area (Å²) in [5.41, 5.74) is 2.31. The Kier molecular flexibility index (Phi) is 3.96. The van der Waals surface area contributed by atoms with E-state index < -0.39 is 0 Å². The van der Waals surface area contributed by atoms with Crippen LogP contribution in [-0.4, -0.2) is 29.0 Å². The molecule has 1 N–H and O–H groups in total. The van der Waals surface area contributed by atoms with Crippen molar-refractivity contribution in [1.29, 1.82) is 0 Å². The van der Waals surface area contributed by atoms with Crippen molar-refractivity contribution in [3.63, 3.8) is 0 Å². The van der Waals surface area contributed by atoms with Gasteiger partial charge in [0.2, 0.25) is 0 Å². The van der Waals surface area contributed by atoms with Crippen molar-refractivity contribution in [3.8, 4) is 0 Å². The molecule has 1 fully saturated rings. The quantitative estimate of drug-likeness (QED) is 0.838. The van der Waals surface area contributed by atoms with E-state index in [4.69, 9.17) is 4.74 Å². The van der Waals surface area contributed by atoms with Gasteiger partial charge in [-0.05, 0) is 32.3 Å². The topological polar surface area (TPSA) is 39.1 Å². The van der Waals surface area contributed by atoms with Crippen LogP contribution in [-0.2, 0) is 18.3 Å². The lowest BCUT2D eigenvalue weighted by atomic mass is 10.1. The van der Waals surface area contributed by atoms with E-state index in [1.54, 1.807) is 0 Å². The van der Waals surface area contributed by atoms with Crippen molar-refractivity contribution in [2.75, 3.05) is 13.2 Å². The highest BCUT2D eigenvalue weighted by Crippen LogP contribution is 2.11. The van der Waals surface area contributed by atoms with E-state index in [2.05, 4.69) is 16.5 Å². The summed E-state index contributed by atoms with van der Waals surface area (Å²) >= 11 is 0. The molecule has 2 rings (SSSR count). The number of aromatic nitrogens is 2. The largest absolute Gasteiger partial charge is 0.377 e. The lowest BCUT2D eigenvalue weighted by Gasteiger charge is -2.22. The molecular formula is C12H21N3O.